The molecule has 0 spiro atoms. The van der Waals surface area contributed by atoms with Gasteiger partial charge in [-0.15, -0.1) is 0 Å². The molecule has 1 heterocycles. The second-order valence-electron chi connectivity index (χ2n) is 5.75. The van der Waals surface area contributed by atoms with Crippen molar-refractivity contribution in [3.05, 3.63) is 23.9 Å². The normalized spacial score (nSPS) is 11.1. The minimum absolute atomic E-state index is 0.517. The van der Waals surface area contributed by atoms with Crippen molar-refractivity contribution < 1.29 is 0 Å². The van der Waals surface area contributed by atoms with E-state index in [1.54, 1.807) is 0 Å². The molecule has 1 aromatic heterocycles. The number of unbranched alkanes of at least 4 members (excludes halogenated alkanes) is 2. The lowest BCUT2D eigenvalue weighted by Crippen LogP contribution is -2.27. The summed E-state index contributed by atoms with van der Waals surface area (Å²) in [5.41, 5.74) is 1.32. The maximum Gasteiger partial charge on any atom is 0.128 e. The maximum atomic E-state index is 4.57. The topological polar surface area (TPSA) is 28.2 Å². The van der Waals surface area contributed by atoms with Crippen molar-refractivity contribution >= 4 is 5.82 Å². The molecule has 1 N–H and O–H groups in total. The maximum absolute atomic E-state index is 4.57. The largest absolute Gasteiger partial charge is 0.357 e. The minimum Gasteiger partial charge on any atom is -0.357 e. The zero-order valence-corrected chi connectivity index (χ0v) is 13.7. The first-order valence-corrected chi connectivity index (χ1v) is 8.10. The molecule has 0 amide bonds. The molecule has 0 aromatic carbocycles. The van der Waals surface area contributed by atoms with Crippen molar-refractivity contribution in [1.82, 2.24) is 10.3 Å². The van der Waals surface area contributed by atoms with Crippen LogP contribution in [0.25, 0.3) is 0 Å². The Morgan fingerprint density at radius 1 is 1.15 bits per heavy atom. The molecule has 20 heavy (non-hydrogen) atoms. The van der Waals surface area contributed by atoms with Crippen LogP contribution in [0.3, 0.4) is 0 Å². The van der Waals surface area contributed by atoms with Gasteiger partial charge in [-0.05, 0) is 30.5 Å². The van der Waals surface area contributed by atoms with Crippen LogP contribution in [0, 0.1) is 0 Å². The van der Waals surface area contributed by atoms with Crippen molar-refractivity contribution in [2.75, 3.05) is 18.0 Å². The molecular weight excluding hydrogens is 246 g/mol. The zero-order valence-electron chi connectivity index (χ0n) is 13.7. The molecule has 0 atom stereocenters. The molecule has 114 valence electrons. The van der Waals surface area contributed by atoms with Gasteiger partial charge in [-0.1, -0.05) is 40.5 Å². The molecule has 0 saturated carbocycles. The number of pyridine rings is 1. The molecule has 0 unspecified atom stereocenters. The average Bonchev–Trinajstić information content (AvgIpc) is 2.45. The molecule has 1 aromatic rings. The van der Waals surface area contributed by atoms with E-state index in [2.05, 4.69) is 55.0 Å². The van der Waals surface area contributed by atoms with E-state index < -0.39 is 0 Å². The first kappa shape index (κ1) is 17.0. The number of nitrogens with one attached hydrogen (secondary N) is 1. The molecule has 0 saturated heterocycles. The zero-order chi connectivity index (χ0) is 14.8. The first-order chi connectivity index (χ1) is 9.67. The van der Waals surface area contributed by atoms with E-state index in [9.17, 15) is 0 Å². The van der Waals surface area contributed by atoms with Gasteiger partial charge in [0, 0.05) is 31.9 Å². The lowest BCUT2D eigenvalue weighted by atomic mass is 10.2. The van der Waals surface area contributed by atoms with Gasteiger partial charge in [0.05, 0.1) is 0 Å². The Kier molecular flexibility index (Phi) is 8.28. The number of hydrogen-bond donors (Lipinski definition) is 1. The third-order valence-corrected chi connectivity index (χ3v) is 3.41. The van der Waals surface area contributed by atoms with Crippen molar-refractivity contribution in [3.8, 4) is 0 Å². The van der Waals surface area contributed by atoms with Gasteiger partial charge in [0.15, 0.2) is 0 Å². The van der Waals surface area contributed by atoms with Gasteiger partial charge < -0.3 is 10.2 Å². The van der Waals surface area contributed by atoms with Crippen LogP contribution in [0.1, 0.15) is 58.9 Å². The molecule has 0 aliphatic heterocycles. The Labute approximate surface area is 124 Å². The highest BCUT2D eigenvalue weighted by Gasteiger charge is 2.07. The third kappa shape index (κ3) is 6.38. The number of hydrogen-bond acceptors (Lipinski definition) is 3. The highest BCUT2D eigenvalue weighted by molar-refractivity contribution is 5.40. The molecule has 3 nitrogen and oxygen atoms in total. The van der Waals surface area contributed by atoms with Crippen molar-refractivity contribution in [2.45, 2.75) is 66.0 Å². The fraction of sp³-hybridized carbons (Fsp3) is 0.706. The summed E-state index contributed by atoms with van der Waals surface area (Å²) in [4.78, 5) is 7.01. The lowest BCUT2D eigenvalue weighted by Gasteiger charge is -2.24. The Balaban J connectivity index is 2.70. The summed E-state index contributed by atoms with van der Waals surface area (Å²) in [5.74, 6) is 1.13. The molecule has 0 fully saturated rings. The predicted molar refractivity (Wildman–Crippen MR) is 88.2 cm³/mol. The van der Waals surface area contributed by atoms with Crippen molar-refractivity contribution in [1.29, 1.82) is 0 Å². The summed E-state index contributed by atoms with van der Waals surface area (Å²) < 4.78 is 0. The first-order valence-electron chi connectivity index (χ1n) is 8.10. The summed E-state index contributed by atoms with van der Waals surface area (Å²) in [6, 6.07) is 4.86. The van der Waals surface area contributed by atoms with Crippen LogP contribution < -0.4 is 10.2 Å². The Hall–Kier alpha value is -1.09. The third-order valence-electron chi connectivity index (χ3n) is 3.41. The SMILES string of the molecule is CCCCN(CCCC)c1cc(CNC(C)C)ccn1. The fourth-order valence-electron chi connectivity index (χ4n) is 2.10. The smallest absolute Gasteiger partial charge is 0.128 e. The van der Waals surface area contributed by atoms with Gasteiger partial charge in [0.2, 0.25) is 0 Å². The van der Waals surface area contributed by atoms with Crippen molar-refractivity contribution in [2.24, 2.45) is 0 Å². The molecule has 0 aliphatic carbocycles. The number of rotatable bonds is 10. The number of aromatic nitrogens is 1. The molecule has 0 radical (unpaired) electrons. The van der Waals surface area contributed by atoms with Crippen LogP contribution in [0.2, 0.25) is 0 Å². The summed E-state index contributed by atoms with van der Waals surface area (Å²) in [7, 11) is 0. The van der Waals surface area contributed by atoms with Gasteiger partial charge in [-0.25, -0.2) is 4.98 Å². The average molecular weight is 277 g/mol. The molecule has 0 aliphatic rings. The summed E-state index contributed by atoms with van der Waals surface area (Å²) in [5, 5.41) is 3.47. The van der Waals surface area contributed by atoms with Crippen molar-refractivity contribution in [3.63, 3.8) is 0 Å². The Morgan fingerprint density at radius 3 is 2.35 bits per heavy atom. The van der Waals surface area contributed by atoms with Gasteiger partial charge >= 0.3 is 0 Å². The Bertz CT molecular complexity index is 355. The van der Waals surface area contributed by atoms with E-state index in [-0.39, 0.29) is 0 Å². The van der Waals surface area contributed by atoms with Crippen LogP contribution in [0.5, 0.6) is 0 Å². The van der Waals surface area contributed by atoms with E-state index in [1.165, 1.54) is 31.2 Å². The second-order valence-corrected chi connectivity index (χ2v) is 5.75. The molecule has 3 heteroatoms. The van der Waals surface area contributed by atoms with Gasteiger partial charge in [-0.3, -0.25) is 0 Å². The van der Waals surface area contributed by atoms with Crippen LogP contribution >= 0.6 is 0 Å². The van der Waals surface area contributed by atoms with Crippen LogP contribution in [0.15, 0.2) is 18.3 Å². The summed E-state index contributed by atoms with van der Waals surface area (Å²) >= 11 is 0. The quantitative estimate of drug-likeness (QED) is 0.701. The Morgan fingerprint density at radius 2 is 1.80 bits per heavy atom. The van der Waals surface area contributed by atoms with E-state index in [1.807, 2.05) is 6.20 Å². The molecule has 0 bridgehead atoms. The highest BCUT2D eigenvalue weighted by Crippen LogP contribution is 2.15. The van der Waals surface area contributed by atoms with Crippen LogP contribution in [-0.4, -0.2) is 24.1 Å². The summed E-state index contributed by atoms with van der Waals surface area (Å²) in [6.45, 7) is 12.0. The standard InChI is InChI=1S/C17H31N3/c1-5-7-11-20(12-8-6-2)17-13-16(9-10-18-17)14-19-15(3)4/h9-10,13,15,19H,5-8,11-12,14H2,1-4H3. The number of anilines is 1. The monoisotopic (exact) mass is 277 g/mol. The molecule has 1 rings (SSSR count). The van der Waals surface area contributed by atoms with Crippen LogP contribution in [0.4, 0.5) is 5.82 Å². The van der Waals surface area contributed by atoms with E-state index in [0.717, 1.165) is 25.5 Å². The van der Waals surface area contributed by atoms with E-state index >= 15 is 0 Å². The summed E-state index contributed by atoms with van der Waals surface area (Å²) in [6.07, 6.45) is 6.88. The van der Waals surface area contributed by atoms with Crippen LogP contribution in [-0.2, 0) is 6.54 Å². The number of nitrogens with zero attached hydrogens (tertiary/aromatic N) is 2. The van der Waals surface area contributed by atoms with Gasteiger partial charge in [0.1, 0.15) is 5.82 Å². The molecular formula is C17H31N3. The fourth-order valence-corrected chi connectivity index (χ4v) is 2.10. The second kappa shape index (κ2) is 9.76. The predicted octanol–water partition coefficient (Wildman–Crippen LogP) is 3.99. The van der Waals surface area contributed by atoms with E-state index in [0.29, 0.717) is 6.04 Å². The minimum atomic E-state index is 0.517. The lowest BCUT2D eigenvalue weighted by molar-refractivity contribution is 0.588. The highest BCUT2D eigenvalue weighted by atomic mass is 15.2. The van der Waals surface area contributed by atoms with Gasteiger partial charge in [0.25, 0.3) is 0 Å². The van der Waals surface area contributed by atoms with Gasteiger partial charge in [-0.2, -0.15) is 0 Å². The van der Waals surface area contributed by atoms with E-state index in [4.69, 9.17) is 0 Å².